The van der Waals surface area contributed by atoms with E-state index in [-0.39, 0.29) is 5.97 Å². The third kappa shape index (κ3) is 9.05. The van der Waals surface area contributed by atoms with Gasteiger partial charge in [-0.05, 0) is 12.8 Å². The van der Waals surface area contributed by atoms with Crippen LogP contribution in [0.2, 0.25) is 0 Å². The van der Waals surface area contributed by atoms with E-state index in [9.17, 15) is 4.79 Å². The minimum atomic E-state index is -0.221. The molecule has 0 aromatic heterocycles. The Morgan fingerprint density at radius 1 is 1.53 bits per heavy atom. The largest absolute Gasteiger partial charge is 0.466 e. The summed E-state index contributed by atoms with van der Waals surface area (Å²) < 4.78 is 4.76. The summed E-state index contributed by atoms with van der Waals surface area (Å²) in [4.78, 5) is 15.0. The van der Waals surface area contributed by atoms with Gasteiger partial charge in [0.25, 0.3) is 0 Å². The number of esters is 1. The average molecular weight is 215 g/mol. The second-order valence-corrected chi connectivity index (χ2v) is 3.60. The van der Waals surface area contributed by atoms with Gasteiger partial charge in [0.2, 0.25) is 0 Å². The molecule has 0 aromatic carbocycles. The fourth-order valence-electron chi connectivity index (χ4n) is 0.863. The van der Waals surface area contributed by atoms with Crippen molar-refractivity contribution in [1.29, 1.82) is 0 Å². The number of guanidine groups is 1. The SMILES string of the molecule is CCOC(=O)CCNC(N)=NCC(C)C. The van der Waals surface area contributed by atoms with Crippen LogP contribution < -0.4 is 11.1 Å². The first-order chi connectivity index (χ1) is 7.06. The van der Waals surface area contributed by atoms with Gasteiger partial charge in [-0.25, -0.2) is 0 Å². The Morgan fingerprint density at radius 3 is 2.73 bits per heavy atom. The summed E-state index contributed by atoms with van der Waals surface area (Å²) in [6.07, 6.45) is 0.311. The predicted molar refractivity (Wildman–Crippen MR) is 60.6 cm³/mol. The Bertz CT molecular complexity index is 215. The lowest BCUT2D eigenvalue weighted by Gasteiger charge is -2.06. The molecular weight excluding hydrogens is 194 g/mol. The molecule has 0 aliphatic heterocycles. The van der Waals surface area contributed by atoms with Crippen molar-refractivity contribution in [2.75, 3.05) is 19.7 Å². The van der Waals surface area contributed by atoms with Gasteiger partial charge in [-0.15, -0.1) is 0 Å². The molecule has 0 aromatic rings. The van der Waals surface area contributed by atoms with Gasteiger partial charge < -0.3 is 15.8 Å². The van der Waals surface area contributed by atoms with E-state index < -0.39 is 0 Å². The zero-order valence-corrected chi connectivity index (χ0v) is 9.75. The maximum absolute atomic E-state index is 10.9. The number of hydrogen-bond acceptors (Lipinski definition) is 3. The van der Waals surface area contributed by atoms with Crippen molar-refractivity contribution in [2.24, 2.45) is 16.6 Å². The van der Waals surface area contributed by atoms with E-state index in [0.717, 1.165) is 0 Å². The topological polar surface area (TPSA) is 76.7 Å². The van der Waals surface area contributed by atoms with E-state index in [0.29, 0.717) is 38.0 Å². The van der Waals surface area contributed by atoms with Crippen molar-refractivity contribution in [3.05, 3.63) is 0 Å². The molecule has 0 atom stereocenters. The molecule has 0 aliphatic carbocycles. The minimum absolute atomic E-state index is 0.221. The summed E-state index contributed by atoms with van der Waals surface area (Å²) in [6.45, 7) is 7.48. The molecule has 5 heteroatoms. The van der Waals surface area contributed by atoms with Crippen LogP contribution in [-0.2, 0) is 9.53 Å². The lowest BCUT2D eigenvalue weighted by molar-refractivity contribution is -0.142. The third-order valence-electron chi connectivity index (χ3n) is 1.57. The second kappa shape index (κ2) is 8.08. The Balaban J connectivity index is 3.58. The van der Waals surface area contributed by atoms with Gasteiger partial charge in [0.05, 0.1) is 13.0 Å². The zero-order valence-electron chi connectivity index (χ0n) is 9.75. The number of nitrogens with zero attached hydrogens (tertiary/aromatic N) is 1. The number of nitrogens with two attached hydrogens (primary N) is 1. The van der Waals surface area contributed by atoms with Crippen molar-refractivity contribution < 1.29 is 9.53 Å². The van der Waals surface area contributed by atoms with Crippen molar-refractivity contribution in [3.8, 4) is 0 Å². The van der Waals surface area contributed by atoms with E-state index in [1.807, 2.05) is 0 Å². The van der Waals surface area contributed by atoms with E-state index in [1.54, 1.807) is 6.92 Å². The summed E-state index contributed by atoms with van der Waals surface area (Å²) in [5.41, 5.74) is 5.57. The minimum Gasteiger partial charge on any atom is -0.466 e. The van der Waals surface area contributed by atoms with Crippen molar-refractivity contribution in [3.63, 3.8) is 0 Å². The molecule has 0 radical (unpaired) electrons. The molecule has 0 unspecified atom stereocenters. The molecule has 0 rings (SSSR count). The van der Waals surface area contributed by atoms with Crippen LogP contribution in [0, 0.1) is 5.92 Å². The summed E-state index contributed by atoms with van der Waals surface area (Å²) in [7, 11) is 0. The number of aliphatic imine (C=N–C) groups is 1. The van der Waals surface area contributed by atoms with Crippen LogP contribution in [0.3, 0.4) is 0 Å². The monoisotopic (exact) mass is 215 g/mol. The smallest absolute Gasteiger partial charge is 0.307 e. The predicted octanol–water partition coefficient (Wildman–Crippen LogP) is 0.500. The quantitative estimate of drug-likeness (QED) is 0.384. The van der Waals surface area contributed by atoms with E-state index in [1.165, 1.54) is 0 Å². The number of nitrogens with one attached hydrogen (secondary N) is 1. The first kappa shape index (κ1) is 13.7. The highest BCUT2D eigenvalue weighted by atomic mass is 16.5. The Labute approximate surface area is 91.1 Å². The van der Waals surface area contributed by atoms with Gasteiger partial charge in [-0.2, -0.15) is 0 Å². The molecule has 5 nitrogen and oxygen atoms in total. The molecule has 0 fully saturated rings. The Kier molecular flexibility index (Phi) is 7.40. The third-order valence-corrected chi connectivity index (χ3v) is 1.57. The van der Waals surface area contributed by atoms with Crippen LogP contribution in [0.15, 0.2) is 4.99 Å². The maximum atomic E-state index is 10.9. The molecule has 0 heterocycles. The molecular formula is C10H21N3O2. The van der Waals surface area contributed by atoms with Gasteiger partial charge in [0.1, 0.15) is 0 Å². The molecule has 0 saturated carbocycles. The lowest BCUT2D eigenvalue weighted by atomic mass is 10.2. The summed E-state index contributed by atoms with van der Waals surface area (Å²) in [5.74, 6) is 0.644. The molecule has 0 aliphatic rings. The lowest BCUT2D eigenvalue weighted by Crippen LogP contribution is -2.33. The molecule has 0 amide bonds. The van der Waals surface area contributed by atoms with Crippen LogP contribution in [0.5, 0.6) is 0 Å². The molecule has 88 valence electrons. The van der Waals surface area contributed by atoms with Crippen molar-refractivity contribution in [2.45, 2.75) is 27.2 Å². The molecule has 0 bridgehead atoms. The van der Waals surface area contributed by atoms with E-state index >= 15 is 0 Å². The average Bonchev–Trinajstić information content (AvgIpc) is 2.15. The normalized spacial score (nSPS) is 11.6. The molecule has 0 saturated heterocycles. The fraction of sp³-hybridized carbons (Fsp3) is 0.800. The Morgan fingerprint density at radius 2 is 2.20 bits per heavy atom. The number of hydrogen-bond donors (Lipinski definition) is 2. The van der Waals surface area contributed by atoms with Gasteiger partial charge in [-0.1, -0.05) is 13.8 Å². The second-order valence-electron chi connectivity index (χ2n) is 3.60. The van der Waals surface area contributed by atoms with Crippen LogP contribution in [0.25, 0.3) is 0 Å². The number of rotatable bonds is 6. The molecule has 0 spiro atoms. The highest BCUT2D eigenvalue weighted by molar-refractivity contribution is 5.78. The number of ether oxygens (including phenoxy) is 1. The number of carbonyl (C=O) groups excluding carboxylic acids is 1. The van der Waals surface area contributed by atoms with Gasteiger partial charge in [-0.3, -0.25) is 9.79 Å². The molecule has 3 N–H and O–H groups in total. The van der Waals surface area contributed by atoms with Crippen LogP contribution in [0.1, 0.15) is 27.2 Å². The highest BCUT2D eigenvalue weighted by Gasteiger charge is 2.00. The standard InChI is InChI=1S/C10H21N3O2/c1-4-15-9(14)5-6-12-10(11)13-7-8(2)3/h8H,4-7H2,1-3H3,(H3,11,12,13). The fourth-order valence-corrected chi connectivity index (χ4v) is 0.863. The van der Waals surface area contributed by atoms with E-state index in [4.69, 9.17) is 10.5 Å². The first-order valence-electron chi connectivity index (χ1n) is 5.25. The van der Waals surface area contributed by atoms with Gasteiger partial charge in [0, 0.05) is 13.1 Å². The van der Waals surface area contributed by atoms with Gasteiger partial charge in [0.15, 0.2) is 5.96 Å². The first-order valence-corrected chi connectivity index (χ1v) is 5.25. The zero-order chi connectivity index (χ0) is 11.7. The summed E-state index contributed by atoms with van der Waals surface area (Å²) in [5, 5.41) is 2.85. The van der Waals surface area contributed by atoms with Crippen LogP contribution in [0.4, 0.5) is 0 Å². The van der Waals surface area contributed by atoms with Crippen LogP contribution in [-0.4, -0.2) is 31.6 Å². The highest BCUT2D eigenvalue weighted by Crippen LogP contribution is 1.90. The number of carbonyl (C=O) groups is 1. The van der Waals surface area contributed by atoms with Crippen molar-refractivity contribution in [1.82, 2.24) is 5.32 Å². The van der Waals surface area contributed by atoms with Gasteiger partial charge >= 0.3 is 5.97 Å². The van der Waals surface area contributed by atoms with Crippen LogP contribution >= 0.6 is 0 Å². The van der Waals surface area contributed by atoms with Crippen molar-refractivity contribution >= 4 is 11.9 Å². The Hall–Kier alpha value is -1.26. The summed E-state index contributed by atoms with van der Waals surface area (Å²) in [6, 6.07) is 0. The maximum Gasteiger partial charge on any atom is 0.307 e. The molecule has 15 heavy (non-hydrogen) atoms. The summed E-state index contributed by atoms with van der Waals surface area (Å²) >= 11 is 0. The van der Waals surface area contributed by atoms with E-state index in [2.05, 4.69) is 24.2 Å².